The quantitative estimate of drug-likeness (QED) is 0.615. The molecule has 1 aromatic carbocycles. The zero-order chi connectivity index (χ0) is 17.9. The number of carbonyl (C=O) groups is 2. The van der Waals surface area contributed by atoms with Crippen LogP contribution in [0.15, 0.2) is 30.3 Å². The standard InChI is InChI=1S/C20H27N3O3/c24-19-13-18(20(25)23(19)14-16-5-2-1-3-6-16)22-10-8-21(9-11-22)15-17-7-4-12-26-17/h1-3,5-6,17-18H,4,7-15H2/p+2/t17-,18+/m1/s1. The van der Waals surface area contributed by atoms with E-state index in [1.807, 2.05) is 30.3 Å². The van der Waals surface area contributed by atoms with Crippen LogP contribution in [0.1, 0.15) is 24.8 Å². The van der Waals surface area contributed by atoms with Gasteiger partial charge in [-0.25, -0.2) is 0 Å². The van der Waals surface area contributed by atoms with Crippen molar-refractivity contribution in [1.82, 2.24) is 4.90 Å². The van der Waals surface area contributed by atoms with E-state index in [1.54, 1.807) is 4.90 Å². The second kappa shape index (κ2) is 7.86. The monoisotopic (exact) mass is 359 g/mol. The number of likely N-dealkylation sites (tertiary alicyclic amines) is 1. The largest absolute Gasteiger partial charge is 0.372 e. The summed E-state index contributed by atoms with van der Waals surface area (Å²) in [7, 11) is 0. The number of piperazine rings is 1. The number of hydrogen-bond acceptors (Lipinski definition) is 3. The van der Waals surface area contributed by atoms with Gasteiger partial charge in [-0.05, 0) is 18.4 Å². The number of rotatable bonds is 5. The van der Waals surface area contributed by atoms with Gasteiger partial charge in [0.1, 0.15) is 38.8 Å². The third-order valence-electron chi connectivity index (χ3n) is 6.06. The fourth-order valence-corrected chi connectivity index (χ4v) is 4.54. The molecular weight excluding hydrogens is 330 g/mol. The first-order valence-corrected chi connectivity index (χ1v) is 9.88. The van der Waals surface area contributed by atoms with Gasteiger partial charge in [-0.15, -0.1) is 0 Å². The number of hydrogen-bond donors (Lipinski definition) is 2. The van der Waals surface area contributed by atoms with Crippen molar-refractivity contribution >= 4 is 11.8 Å². The highest BCUT2D eigenvalue weighted by Gasteiger charge is 2.46. The Hall–Kier alpha value is -1.76. The van der Waals surface area contributed by atoms with Crippen LogP contribution < -0.4 is 9.80 Å². The van der Waals surface area contributed by atoms with Crippen LogP contribution in [-0.2, 0) is 20.9 Å². The SMILES string of the molecule is O=C1C[C@H]([NH+]2CC[NH+](C[C@H]3CCCO3)CC2)C(=O)N1Cc1ccccc1. The summed E-state index contributed by atoms with van der Waals surface area (Å²) in [5, 5.41) is 0. The zero-order valence-electron chi connectivity index (χ0n) is 15.3. The van der Waals surface area contributed by atoms with E-state index in [1.165, 1.54) is 22.6 Å². The second-order valence-electron chi connectivity index (χ2n) is 7.81. The van der Waals surface area contributed by atoms with Crippen molar-refractivity contribution in [2.75, 3.05) is 39.3 Å². The molecule has 4 rings (SSSR count). The molecule has 6 nitrogen and oxygen atoms in total. The van der Waals surface area contributed by atoms with Gasteiger partial charge in [0.05, 0.1) is 13.0 Å². The Morgan fingerprint density at radius 1 is 1.08 bits per heavy atom. The van der Waals surface area contributed by atoms with Gasteiger partial charge in [0.25, 0.3) is 5.91 Å². The van der Waals surface area contributed by atoms with E-state index < -0.39 is 0 Å². The van der Waals surface area contributed by atoms with Crippen molar-refractivity contribution in [3.63, 3.8) is 0 Å². The highest BCUT2D eigenvalue weighted by atomic mass is 16.5. The van der Waals surface area contributed by atoms with Crippen molar-refractivity contribution in [2.24, 2.45) is 0 Å². The lowest BCUT2D eigenvalue weighted by atomic mass is 10.1. The van der Waals surface area contributed by atoms with Gasteiger partial charge < -0.3 is 14.5 Å². The number of benzene rings is 1. The van der Waals surface area contributed by atoms with E-state index in [-0.39, 0.29) is 17.9 Å². The molecule has 3 aliphatic heterocycles. The predicted octanol–water partition coefficient (Wildman–Crippen LogP) is -1.72. The lowest BCUT2D eigenvalue weighted by Crippen LogP contribution is -3.30. The molecule has 2 atom stereocenters. The third kappa shape index (κ3) is 3.82. The second-order valence-corrected chi connectivity index (χ2v) is 7.81. The predicted molar refractivity (Wildman–Crippen MR) is 95.6 cm³/mol. The lowest BCUT2D eigenvalue weighted by molar-refractivity contribution is -1.02. The third-order valence-corrected chi connectivity index (χ3v) is 6.06. The number of amides is 2. The van der Waals surface area contributed by atoms with Crippen molar-refractivity contribution in [1.29, 1.82) is 0 Å². The molecule has 2 N–H and O–H groups in total. The summed E-state index contributed by atoms with van der Waals surface area (Å²) in [5.74, 6) is -0.0121. The molecule has 0 bridgehead atoms. The number of ether oxygens (including phenoxy) is 1. The molecular formula is C20H29N3O3+2. The summed E-state index contributed by atoms with van der Waals surface area (Å²) in [6.45, 7) is 6.45. The molecule has 0 aliphatic carbocycles. The molecule has 0 unspecified atom stereocenters. The Labute approximate surface area is 154 Å². The molecule has 1 aromatic rings. The van der Waals surface area contributed by atoms with Crippen molar-refractivity contribution in [2.45, 2.75) is 38.0 Å². The molecule has 140 valence electrons. The summed E-state index contributed by atoms with van der Waals surface area (Å²) < 4.78 is 5.75. The van der Waals surface area contributed by atoms with Crippen LogP contribution in [0.25, 0.3) is 0 Å². The van der Waals surface area contributed by atoms with Gasteiger partial charge in [0, 0.05) is 6.61 Å². The Balaban J connectivity index is 1.31. The molecule has 6 heteroatoms. The molecule has 0 aromatic heterocycles. The number of nitrogens with zero attached hydrogens (tertiary/aromatic N) is 1. The van der Waals surface area contributed by atoms with E-state index in [0.29, 0.717) is 19.1 Å². The maximum absolute atomic E-state index is 12.8. The summed E-state index contributed by atoms with van der Waals surface area (Å²) in [6, 6.07) is 9.58. The molecule has 3 saturated heterocycles. The fraction of sp³-hybridized carbons (Fsp3) is 0.600. The first-order valence-electron chi connectivity index (χ1n) is 9.88. The summed E-state index contributed by atoms with van der Waals surface area (Å²) >= 11 is 0. The summed E-state index contributed by atoms with van der Waals surface area (Å²) in [6.07, 6.45) is 3.15. The Morgan fingerprint density at radius 2 is 1.85 bits per heavy atom. The molecule has 0 radical (unpaired) electrons. The highest BCUT2D eigenvalue weighted by Crippen LogP contribution is 2.15. The lowest BCUT2D eigenvalue weighted by Gasteiger charge is -2.33. The smallest absolute Gasteiger partial charge is 0.288 e. The van der Waals surface area contributed by atoms with E-state index in [0.717, 1.165) is 44.9 Å². The minimum absolute atomic E-state index is 0.0106. The summed E-state index contributed by atoms with van der Waals surface area (Å²) in [4.78, 5) is 29.6. The van der Waals surface area contributed by atoms with Crippen LogP contribution in [0.5, 0.6) is 0 Å². The molecule has 3 heterocycles. The van der Waals surface area contributed by atoms with Gasteiger partial charge in [-0.3, -0.25) is 14.5 Å². The summed E-state index contributed by atoms with van der Waals surface area (Å²) in [5.41, 5.74) is 1.01. The van der Waals surface area contributed by atoms with Crippen LogP contribution in [0, 0.1) is 0 Å². The van der Waals surface area contributed by atoms with Gasteiger partial charge in [0.2, 0.25) is 5.91 Å². The minimum atomic E-state index is -0.185. The average Bonchev–Trinajstić information content (AvgIpc) is 3.27. The molecule has 0 spiro atoms. The Morgan fingerprint density at radius 3 is 2.54 bits per heavy atom. The fourth-order valence-electron chi connectivity index (χ4n) is 4.54. The first kappa shape index (κ1) is 17.6. The normalized spacial score (nSPS) is 32.4. The topological polar surface area (TPSA) is 55.5 Å². The van der Waals surface area contributed by atoms with Gasteiger partial charge in [0.15, 0.2) is 6.04 Å². The minimum Gasteiger partial charge on any atom is -0.372 e. The van der Waals surface area contributed by atoms with Crippen molar-refractivity contribution < 1.29 is 24.1 Å². The van der Waals surface area contributed by atoms with Crippen LogP contribution in [0.3, 0.4) is 0 Å². The van der Waals surface area contributed by atoms with E-state index >= 15 is 0 Å². The average molecular weight is 359 g/mol. The Kier molecular flexibility index (Phi) is 5.33. The van der Waals surface area contributed by atoms with E-state index in [9.17, 15) is 9.59 Å². The number of carbonyl (C=O) groups excluding carboxylic acids is 2. The van der Waals surface area contributed by atoms with Crippen LogP contribution >= 0.6 is 0 Å². The van der Waals surface area contributed by atoms with Crippen LogP contribution in [0.2, 0.25) is 0 Å². The number of quaternary nitrogens is 2. The van der Waals surface area contributed by atoms with Crippen molar-refractivity contribution in [3.05, 3.63) is 35.9 Å². The molecule has 3 aliphatic rings. The van der Waals surface area contributed by atoms with Gasteiger partial charge >= 0.3 is 0 Å². The molecule has 0 saturated carbocycles. The maximum atomic E-state index is 12.8. The zero-order valence-corrected chi connectivity index (χ0v) is 15.3. The van der Waals surface area contributed by atoms with Crippen LogP contribution in [0.4, 0.5) is 0 Å². The molecule has 26 heavy (non-hydrogen) atoms. The Bertz CT molecular complexity index is 637. The highest BCUT2D eigenvalue weighted by molar-refractivity contribution is 6.04. The van der Waals surface area contributed by atoms with E-state index in [2.05, 4.69) is 0 Å². The maximum Gasteiger partial charge on any atom is 0.288 e. The first-order chi connectivity index (χ1) is 12.7. The van der Waals surface area contributed by atoms with Gasteiger partial charge in [-0.1, -0.05) is 30.3 Å². The molecule has 2 amide bonds. The number of nitrogens with one attached hydrogen (secondary N) is 2. The van der Waals surface area contributed by atoms with Crippen LogP contribution in [-0.4, -0.2) is 68.2 Å². The molecule has 3 fully saturated rings. The van der Waals surface area contributed by atoms with E-state index in [4.69, 9.17) is 4.74 Å². The van der Waals surface area contributed by atoms with Crippen molar-refractivity contribution in [3.8, 4) is 0 Å². The number of imide groups is 1. The van der Waals surface area contributed by atoms with Gasteiger partial charge in [-0.2, -0.15) is 0 Å².